The zero-order valence-corrected chi connectivity index (χ0v) is 18.6. The summed E-state index contributed by atoms with van der Waals surface area (Å²) in [7, 11) is 0. The third-order valence-electron chi connectivity index (χ3n) is 5.49. The summed E-state index contributed by atoms with van der Waals surface area (Å²) in [5.41, 5.74) is 12.6. The standard InChI is InChI=1S/C27H36N2/c1-6-23(16-21(4)26-13-9-15-29-19-26)10-8-14-27(28)22(5)17-24-11-7-12-25(18-24)20(2)3/h6-15,18-22H,16-17,28H2,1-5H3/b10-8-,23-6+,27-14-. The van der Waals surface area contributed by atoms with Gasteiger partial charge in [-0.25, -0.2) is 0 Å². The Bertz CT molecular complexity index is 844. The molecule has 2 unspecified atom stereocenters. The Morgan fingerprint density at radius 1 is 1.07 bits per heavy atom. The number of hydrogen-bond donors (Lipinski definition) is 1. The van der Waals surface area contributed by atoms with Crippen molar-refractivity contribution < 1.29 is 0 Å². The number of allylic oxidation sites excluding steroid dienone is 6. The van der Waals surface area contributed by atoms with Crippen LogP contribution in [0.1, 0.15) is 69.6 Å². The largest absolute Gasteiger partial charge is 0.402 e. The van der Waals surface area contributed by atoms with E-state index in [0.717, 1.165) is 18.5 Å². The fourth-order valence-corrected chi connectivity index (χ4v) is 3.42. The molecule has 0 radical (unpaired) electrons. The van der Waals surface area contributed by atoms with Gasteiger partial charge in [0.25, 0.3) is 0 Å². The second kappa shape index (κ2) is 11.4. The first-order valence-corrected chi connectivity index (χ1v) is 10.7. The fourth-order valence-electron chi connectivity index (χ4n) is 3.42. The van der Waals surface area contributed by atoms with E-state index in [1.54, 1.807) is 0 Å². The van der Waals surface area contributed by atoms with Gasteiger partial charge in [0.15, 0.2) is 0 Å². The van der Waals surface area contributed by atoms with Crippen LogP contribution in [0, 0.1) is 5.92 Å². The molecule has 154 valence electrons. The molecular weight excluding hydrogens is 352 g/mol. The number of nitrogens with zero attached hydrogens (tertiary/aromatic N) is 1. The minimum atomic E-state index is 0.311. The number of hydrogen-bond acceptors (Lipinski definition) is 2. The molecule has 0 aliphatic rings. The fraction of sp³-hybridized carbons (Fsp3) is 0.370. The van der Waals surface area contributed by atoms with Gasteiger partial charge in [-0.15, -0.1) is 0 Å². The maximum absolute atomic E-state index is 6.37. The lowest BCUT2D eigenvalue weighted by molar-refractivity contribution is 0.667. The molecule has 2 N–H and O–H groups in total. The van der Waals surface area contributed by atoms with E-state index in [2.05, 4.69) is 94.2 Å². The average Bonchev–Trinajstić information content (AvgIpc) is 2.73. The van der Waals surface area contributed by atoms with E-state index >= 15 is 0 Å². The summed E-state index contributed by atoms with van der Waals surface area (Å²) < 4.78 is 0. The van der Waals surface area contributed by atoms with E-state index in [0.29, 0.717) is 17.8 Å². The Kier molecular flexibility index (Phi) is 8.92. The molecular formula is C27H36N2. The van der Waals surface area contributed by atoms with Gasteiger partial charge in [-0.1, -0.05) is 81.8 Å². The summed E-state index contributed by atoms with van der Waals surface area (Å²) in [6.07, 6.45) is 14.2. The molecule has 1 aromatic heterocycles. The summed E-state index contributed by atoms with van der Waals surface area (Å²) in [6, 6.07) is 13.0. The Hall–Kier alpha value is -2.61. The van der Waals surface area contributed by atoms with Gasteiger partial charge in [-0.2, -0.15) is 0 Å². The molecule has 0 aliphatic heterocycles. The lowest BCUT2D eigenvalue weighted by atomic mass is 9.93. The number of benzene rings is 1. The second-order valence-corrected chi connectivity index (χ2v) is 8.29. The van der Waals surface area contributed by atoms with Crippen LogP contribution in [-0.4, -0.2) is 4.98 Å². The third kappa shape index (κ3) is 7.38. The van der Waals surface area contributed by atoms with E-state index in [1.807, 2.05) is 18.5 Å². The van der Waals surface area contributed by atoms with E-state index in [4.69, 9.17) is 5.73 Å². The van der Waals surface area contributed by atoms with Crippen LogP contribution >= 0.6 is 0 Å². The number of nitrogens with two attached hydrogens (primary N) is 1. The van der Waals surface area contributed by atoms with Gasteiger partial charge < -0.3 is 5.73 Å². The summed E-state index contributed by atoms with van der Waals surface area (Å²) >= 11 is 0. The molecule has 1 aromatic carbocycles. The van der Waals surface area contributed by atoms with Gasteiger partial charge in [-0.3, -0.25) is 4.98 Å². The van der Waals surface area contributed by atoms with E-state index in [-0.39, 0.29) is 0 Å². The Morgan fingerprint density at radius 2 is 1.83 bits per heavy atom. The molecule has 2 rings (SSSR count). The van der Waals surface area contributed by atoms with Crippen LogP contribution in [-0.2, 0) is 6.42 Å². The average molecular weight is 389 g/mol. The van der Waals surface area contributed by atoms with Crippen LogP contribution in [0.4, 0.5) is 0 Å². The van der Waals surface area contributed by atoms with Crippen LogP contribution in [0.5, 0.6) is 0 Å². The molecule has 2 heteroatoms. The Balaban J connectivity index is 1.95. The molecule has 0 saturated carbocycles. The van der Waals surface area contributed by atoms with Crippen LogP contribution in [0.3, 0.4) is 0 Å². The van der Waals surface area contributed by atoms with Gasteiger partial charge in [-0.05, 0) is 66.4 Å². The van der Waals surface area contributed by atoms with Crippen molar-refractivity contribution in [2.45, 2.75) is 59.3 Å². The first kappa shape index (κ1) is 22.7. The first-order chi connectivity index (χ1) is 13.9. The lowest BCUT2D eigenvalue weighted by Gasteiger charge is -2.14. The number of rotatable bonds is 9. The number of aromatic nitrogens is 1. The van der Waals surface area contributed by atoms with E-state index in [1.165, 1.54) is 22.3 Å². The third-order valence-corrected chi connectivity index (χ3v) is 5.49. The highest BCUT2D eigenvalue weighted by molar-refractivity contribution is 5.29. The smallest absolute Gasteiger partial charge is 0.0302 e. The van der Waals surface area contributed by atoms with Crippen molar-refractivity contribution in [3.05, 3.63) is 101 Å². The van der Waals surface area contributed by atoms with Crippen molar-refractivity contribution in [3.8, 4) is 0 Å². The Morgan fingerprint density at radius 3 is 2.48 bits per heavy atom. The van der Waals surface area contributed by atoms with Gasteiger partial charge >= 0.3 is 0 Å². The molecule has 0 fully saturated rings. The normalized spacial score (nSPS) is 15.1. The SMILES string of the molecule is C\C=C(/C=C\C=C(/N)C(C)Cc1cccc(C(C)C)c1)CC(C)c1cccnc1. The molecule has 2 aromatic rings. The van der Waals surface area contributed by atoms with E-state index < -0.39 is 0 Å². The van der Waals surface area contributed by atoms with E-state index in [9.17, 15) is 0 Å². The summed E-state index contributed by atoms with van der Waals surface area (Å²) in [6.45, 7) is 11.0. The summed E-state index contributed by atoms with van der Waals surface area (Å²) in [5, 5.41) is 0. The van der Waals surface area contributed by atoms with Gasteiger partial charge in [0.1, 0.15) is 0 Å². The van der Waals surface area contributed by atoms with Crippen LogP contribution < -0.4 is 5.73 Å². The first-order valence-electron chi connectivity index (χ1n) is 10.7. The minimum Gasteiger partial charge on any atom is -0.402 e. The van der Waals surface area contributed by atoms with Crippen LogP contribution in [0.15, 0.2) is 84.4 Å². The zero-order valence-electron chi connectivity index (χ0n) is 18.6. The van der Waals surface area contributed by atoms with Gasteiger partial charge in [0, 0.05) is 18.1 Å². The molecule has 0 bridgehead atoms. The van der Waals surface area contributed by atoms with Gasteiger partial charge in [0.2, 0.25) is 0 Å². The van der Waals surface area contributed by atoms with Crippen molar-refractivity contribution in [3.63, 3.8) is 0 Å². The highest BCUT2D eigenvalue weighted by Crippen LogP contribution is 2.23. The number of pyridine rings is 1. The topological polar surface area (TPSA) is 38.9 Å². The monoisotopic (exact) mass is 388 g/mol. The highest BCUT2D eigenvalue weighted by Gasteiger charge is 2.09. The molecule has 1 heterocycles. The molecule has 0 amide bonds. The lowest BCUT2D eigenvalue weighted by Crippen LogP contribution is -2.11. The Labute approximate surface area is 177 Å². The van der Waals surface area contributed by atoms with Gasteiger partial charge in [0.05, 0.1) is 0 Å². The molecule has 0 saturated heterocycles. The molecule has 0 spiro atoms. The zero-order chi connectivity index (χ0) is 21.2. The molecule has 0 aliphatic carbocycles. The predicted molar refractivity (Wildman–Crippen MR) is 126 cm³/mol. The quantitative estimate of drug-likeness (QED) is 0.473. The second-order valence-electron chi connectivity index (χ2n) is 8.29. The summed E-state index contributed by atoms with van der Waals surface area (Å²) in [5.74, 6) is 1.30. The van der Waals surface area contributed by atoms with Crippen molar-refractivity contribution in [1.82, 2.24) is 4.98 Å². The van der Waals surface area contributed by atoms with Crippen LogP contribution in [0.25, 0.3) is 0 Å². The molecule has 29 heavy (non-hydrogen) atoms. The minimum absolute atomic E-state index is 0.311. The van der Waals surface area contributed by atoms with Crippen molar-refractivity contribution >= 4 is 0 Å². The van der Waals surface area contributed by atoms with Crippen molar-refractivity contribution in [2.75, 3.05) is 0 Å². The predicted octanol–water partition coefficient (Wildman–Crippen LogP) is 6.92. The molecule has 2 atom stereocenters. The maximum atomic E-state index is 6.37. The van der Waals surface area contributed by atoms with Crippen molar-refractivity contribution in [1.29, 1.82) is 0 Å². The molecule has 2 nitrogen and oxygen atoms in total. The highest BCUT2D eigenvalue weighted by atomic mass is 14.6. The summed E-state index contributed by atoms with van der Waals surface area (Å²) in [4.78, 5) is 4.23. The maximum Gasteiger partial charge on any atom is 0.0302 e. The van der Waals surface area contributed by atoms with Crippen LogP contribution in [0.2, 0.25) is 0 Å². The van der Waals surface area contributed by atoms with Crippen molar-refractivity contribution in [2.24, 2.45) is 11.7 Å².